The zero-order valence-electron chi connectivity index (χ0n) is 16.7. The summed E-state index contributed by atoms with van der Waals surface area (Å²) >= 11 is 1.26. The van der Waals surface area contributed by atoms with Crippen molar-refractivity contribution >= 4 is 27.5 Å². The van der Waals surface area contributed by atoms with E-state index in [0.29, 0.717) is 22.4 Å². The van der Waals surface area contributed by atoms with E-state index in [9.17, 15) is 14.4 Å². The number of hydrogen-bond donors (Lipinski definition) is 1. The maximum absolute atomic E-state index is 13.2. The van der Waals surface area contributed by atoms with Gasteiger partial charge < -0.3 is 5.32 Å². The van der Waals surface area contributed by atoms with Crippen molar-refractivity contribution in [2.45, 2.75) is 26.9 Å². The van der Waals surface area contributed by atoms with Gasteiger partial charge in [-0.05, 0) is 48.6 Å². The second-order valence-corrected chi connectivity index (χ2v) is 8.16. The second kappa shape index (κ2) is 8.12. The Labute approximate surface area is 177 Å². The summed E-state index contributed by atoms with van der Waals surface area (Å²) in [4.78, 5) is 38.8. The van der Waals surface area contributed by atoms with Crippen LogP contribution < -0.4 is 16.6 Å². The molecule has 0 fully saturated rings. The largest absolute Gasteiger partial charge is 0.350 e. The Morgan fingerprint density at radius 2 is 1.77 bits per heavy atom. The summed E-state index contributed by atoms with van der Waals surface area (Å²) in [5, 5.41) is 4.61. The van der Waals surface area contributed by atoms with E-state index in [1.54, 1.807) is 29.6 Å². The first-order chi connectivity index (χ1) is 14.4. The average molecular weight is 420 g/mol. The monoisotopic (exact) mass is 419 g/mol. The van der Waals surface area contributed by atoms with Crippen LogP contribution in [0, 0.1) is 13.8 Å². The third-order valence-electron chi connectivity index (χ3n) is 4.93. The Hall–Kier alpha value is -3.45. The lowest BCUT2D eigenvalue weighted by atomic mass is 10.1. The van der Waals surface area contributed by atoms with Crippen LogP contribution in [0.3, 0.4) is 0 Å². The van der Waals surface area contributed by atoms with Crippen molar-refractivity contribution in [2.24, 2.45) is 0 Å². The van der Waals surface area contributed by atoms with Crippen molar-refractivity contribution < 1.29 is 4.79 Å². The average Bonchev–Trinajstić information content (AvgIpc) is 3.21. The normalized spacial score (nSPS) is 11.0. The number of rotatable bonds is 5. The lowest BCUT2D eigenvalue weighted by molar-refractivity contribution is -0.121. The fourth-order valence-electron chi connectivity index (χ4n) is 3.34. The Balaban J connectivity index is 1.69. The second-order valence-electron chi connectivity index (χ2n) is 7.25. The summed E-state index contributed by atoms with van der Waals surface area (Å²) in [6.45, 7) is 4.11. The van der Waals surface area contributed by atoms with Crippen LogP contribution in [0.1, 0.15) is 16.7 Å². The number of amides is 1. The molecule has 0 spiro atoms. The first-order valence-corrected chi connectivity index (χ1v) is 10.4. The molecule has 2 aromatic heterocycles. The molecule has 1 N–H and O–H groups in total. The SMILES string of the molecule is Cc1ccc(CNC(=O)Cn2c(=O)n(-c3cccc(C)c3)c(=O)c3sccc32)cc1. The van der Waals surface area contributed by atoms with Gasteiger partial charge in [-0.15, -0.1) is 11.3 Å². The van der Waals surface area contributed by atoms with Gasteiger partial charge in [-0.25, -0.2) is 9.36 Å². The number of carbonyl (C=O) groups excluding carboxylic acids is 1. The Bertz CT molecular complexity index is 1350. The summed E-state index contributed by atoms with van der Waals surface area (Å²) in [5.74, 6) is -0.292. The van der Waals surface area contributed by atoms with Crippen LogP contribution in [0.5, 0.6) is 0 Å². The van der Waals surface area contributed by atoms with Gasteiger partial charge in [-0.3, -0.25) is 14.2 Å². The molecule has 0 unspecified atom stereocenters. The first-order valence-electron chi connectivity index (χ1n) is 9.56. The van der Waals surface area contributed by atoms with Crippen LogP contribution in [-0.4, -0.2) is 15.0 Å². The number of aromatic nitrogens is 2. The Morgan fingerprint density at radius 3 is 2.50 bits per heavy atom. The molecular weight excluding hydrogens is 398 g/mol. The van der Waals surface area contributed by atoms with Gasteiger partial charge >= 0.3 is 5.69 Å². The zero-order valence-corrected chi connectivity index (χ0v) is 17.5. The minimum absolute atomic E-state index is 0.163. The molecule has 4 aromatic rings. The van der Waals surface area contributed by atoms with Gasteiger partial charge in [0.25, 0.3) is 5.56 Å². The van der Waals surface area contributed by atoms with E-state index in [2.05, 4.69) is 5.32 Å². The van der Waals surface area contributed by atoms with Crippen molar-refractivity contribution in [3.63, 3.8) is 0 Å². The third kappa shape index (κ3) is 3.84. The summed E-state index contributed by atoms with van der Waals surface area (Å²) < 4.78 is 2.95. The van der Waals surface area contributed by atoms with Crippen LogP contribution in [0.25, 0.3) is 15.9 Å². The number of benzene rings is 2. The predicted molar refractivity (Wildman–Crippen MR) is 119 cm³/mol. The van der Waals surface area contributed by atoms with Crippen LogP contribution in [-0.2, 0) is 17.9 Å². The highest BCUT2D eigenvalue weighted by Crippen LogP contribution is 2.17. The number of carbonyl (C=O) groups is 1. The summed E-state index contributed by atoms with van der Waals surface area (Å²) in [7, 11) is 0. The Morgan fingerprint density at radius 1 is 1.00 bits per heavy atom. The maximum atomic E-state index is 13.2. The molecule has 2 heterocycles. The minimum Gasteiger partial charge on any atom is -0.350 e. The number of nitrogens with one attached hydrogen (secondary N) is 1. The molecule has 6 nitrogen and oxygen atoms in total. The third-order valence-corrected chi connectivity index (χ3v) is 5.82. The molecule has 0 aliphatic heterocycles. The molecule has 0 radical (unpaired) electrons. The van der Waals surface area contributed by atoms with Crippen molar-refractivity contribution in [3.05, 3.63) is 97.5 Å². The molecule has 7 heteroatoms. The van der Waals surface area contributed by atoms with Crippen LogP contribution in [0.15, 0.2) is 69.6 Å². The highest BCUT2D eigenvalue weighted by Gasteiger charge is 2.17. The van der Waals surface area contributed by atoms with Crippen LogP contribution in [0.2, 0.25) is 0 Å². The van der Waals surface area contributed by atoms with Crippen molar-refractivity contribution in [2.75, 3.05) is 0 Å². The van der Waals surface area contributed by atoms with Crippen LogP contribution >= 0.6 is 11.3 Å². The van der Waals surface area contributed by atoms with Crippen molar-refractivity contribution in [3.8, 4) is 5.69 Å². The molecule has 30 heavy (non-hydrogen) atoms. The van der Waals surface area contributed by atoms with E-state index in [1.165, 1.54) is 15.9 Å². The van der Waals surface area contributed by atoms with E-state index < -0.39 is 5.69 Å². The highest BCUT2D eigenvalue weighted by atomic mass is 32.1. The molecule has 0 saturated heterocycles. The standard InChI is InChI=1S/C23H21N3O3S/c1-15-6-8-17(9-7-15)13-24-20(27)14-25-19-10-11-30-21(19)22(28)26(23(25)29)18-5-3-4-16(2)12-18/h3-12H,13-14H2,1-2H3,(H,24,27). The van der Waals surface area contributed by atoms with Gasteiger partial charge in [-0.1, -0.05) is 42.0 Å². The fourth-order valence-corrected chi connectivity index (χ4v) is 4.16. The zero-order chi connectivity index (χ0) is 21.3. The first kappa shape index (κ1) is 19.8. The van der Waals surface area contributed by atoms with E-state index in [-0.39, 0.29) is 18.0 Å². The quantitative estimate of drug-likeness (QED) is 0.540. The van der Waals surface area contributed by atoms with Crippen LogP contribution in [0.4, 0.5) is 0 Å². The molecule has 2 aromatic carbocycles. The van der Waals surface area contributed by atoms with E-state index in [0.717, 1.165) is 21.3 Å². The minimum atomic E-state index is -0.526. The predicted octanol–water partition coefficient (Wildman–Crippen LogP) is 3.15. The van der Waals surface area contributed by atoms with Gasteiger partial charge in [0, 0.05) is 6.54 Å². The molecule has 0 saturated carbocycles. The number of fused-ring (bicyclic) bond motifs is 1. The van der Waals surface area contributed by atoms with Gasteiger partial charge in [0.05, 0.1) is 11.2 Å². The fraction of sp³-hybridized carbons (Fsp3) is 0.174. The molecule has 4 rings (SSSR count). The van der Waals surface area contributed by atoms with Gasteiger partial charge in [0.1, 0.15) is 11.2 Å². The van der Waals surface area contributed by atoms with Crippen molar-refractivity contribution in [1.82, 2.24) is 14.5 Å². The van der Waals surface area contributed by atoms with E-state index in [4.69, 9.17) is 0 Å². The topological polar surface area (TPSA) is 73.1 Å². The molecule has 0 atom stereocenters. The summed E-state index contributed by atoms with van der Waals surface area (Å²) in [6.07, 6.45) is 0. The van der Waals surface area contributed by atoms with Gasteiger partial charge in [0.15, 0.2) is 0 Å². The Kier molecular flexibility index (Phi) is 5.37. The molecular formula is C23H21N3O3S. The maximum Gasteiger partial charge on any atom is 0.336 e. The summed E-state index contributed by atoms with van der Waals surface area (Å²) in [5.41, 5.74) is 3.14. The number of thiophene rings is 1. The molecule has 0 aliphatic rings. The molecule has 0 bridgehead atoms. The summed E-state index contributed by atoms with van der Waals surface area (Å²) in [6, 6.07) is 16.8. The lowest BCUT2D eigenvalue weighted by Crippen LogP contribution is -2.41. The number of aryl methyl sites for hydroxylation is 2. The lowest BCUT2D eigenvalue weighted by Gasteiger charge is -2.13. The van der Waals surface area contributed by atoms with Gasteiger partial charge in [0.2, 0.25) is 5.91 Å². The number of nitrogens with zero attached hydrogens (tertiary/aromatic N) is 2. The van der Waals surface area contributed by atoms with E-state index >= 15 is 0 Å². The molecule has 152 valence electrons. The molecule has 0 aliphatic carbocycles. The smallest absolute Gasteiger partial charge is 0.336 e. The number of hydrogen-bond acceptors (Lipinski definition) is 4. The highest BCUT2D eigenvalue weighted by molar-refractivity contribution is 7.17. The van der Waals surface area contributed by atoms with Crippen molar-refractivity contribution in [1.29, 1.82) is 0 Å². The molecule has 1 amide bonds. The van der Waals surface area contributed by atoms with E-state index in [1.807, 2.05) is 44.2 Å². The van der Waals surface area contributed by atoms with Gasteiger partial charge in [-0.2, -0.15) is 0 Å².